The van der Waals surface area contributed by atoms with Gasteiger partial charge in [0.05, 0.1) is 14.2 Å². The predicted molar refractivity (Wildman–Crippen MR) is 75.7 cm³/mol. The van der Waals surface area contributed by atoms with Gasteiger partial charge in [-0.3, -0.25) is 0 Å². The number of benzene rings is 2. The number of rotatable bonds is 4. The van der Waals surface area contributed by atoms with Gasteiger partial charge in [0.1, 0.15) is 22.8 Å². The molecule has 4 nitrogen and oxygen atoms in total. The fraction of sp³-hybridized carbons (Fsp3) is 0.188. The highest BCUT2D eigenvalue weighted by molar-refractivity contribution is 5.94. The van der Waals surface area contributed by atoms with Crippen molar-refractivity contribution < 1.29 is 19.0 Å². The van der Waals surface area contributed by atoms with E-state index in [4.69, 9.17) is 14.2 Å². The van der Waals surface area contributed by atoms with Gasteiger partial charge in [-0.1, -0.05) is 17.7 Å². The number of hydrogen-bond acceptors (Lipinski definition) is 4. The predicted octanol–water partition coefficient (Wildman–Crippen LogP) is 3.23. The summed E-state index contributed by atoms with van der Waals surface area (Å²) in [6, 6.07) is 12.2. The molecule has 2 aromatic carbocycles. The maximum absolute atomic E-state index is 12.1. The molecule has 0 radical (unpaired) electrons. The van der Waals surface area contributed by atoms with Crippen LogP contribution in [0.5, 0.6) is 17.2 Å². The third-order valence-electron chi connectivity index (χ3n) is 2.86. The number of carbonyl (C=O) groups is 1. The van der Waals surface area contributed by atoms with E-state index in [0.29, 0.717) is 22.8 Å². The first kappa shape index (κ1) is 13.9. The number of methoxy groups -OCH3 is 2. The second-order valence-electron chi connectivity index (χ2n) is 4.27. The first-order valence-corrected chi connectivity index (χ1v) is 6.15. The summed E-state index contributed by atoms with van der Waals surface area (Å²) in [6.07, 6.45) is 0. The van der Waals surface area contributed by atoms with Gasteiger partial charge in [-0.05, 0) is 31.2 Å². The lowest BCUT2D eigenvalue weighted by atomic mass is 10.2. The minimum atomic E-state index is -0.464. The molecule has 0 atom stereocenters. The zero-order chi connectivity index (χ0) is 14.5. The van der Waals surface area contributed by atoms with E-state index in [1.54, 1.807) is 37.4 Å². The van der Waals surface area contributed by atoms with Crippen molar-refractivity contribution in [2.45, 2.75) is 6.92 Å². The van der Waals surface area contributed by atoms with Gasteiger partial charge in [0.15, 0.2) is 0 Å². The molecule has 0 spiro atoms. The fourth-order valence-electron chi connectivity index (χ4n) is 1.74. The molecule has 0 N–H and O–H groups in total. The number of carbonyl (C=O) groups excluding carboxylic acids is 1. The summed E-state index contributed by atoms with van der Waals surface area (Å²) in [4.78, 5) is 12.1. The van der Waals surface area contributed by atoms with E-state index in [-0.39, 0.29) is 0 Å². The molecule has 0 aliphatic rings. The second-order valence-corrected chi connectivity index (χ2v) is 4.27. The van der Waals surface area contributed by atoms with E-state index in [1.165, 1.54) is 7.11 Å². The Balaban J connectivity index is 2.22. The lowest BCUT2D eigenvalue weighted by Crippen LogP contribution is -2.10. The molecule has 4 heteroatoms. The average molecular weight is 272 g/mol. The third kappa shape index (κ3) is 3.09. The molecular weight excluding hydrogens is 256 g/mol. The molecule has 0 bridgehead atoms. The van der Waals surface area contributed by atoms with E-state index < -0.39 is 5.97 Å². The minimum Gasteiger partial charge on any atom is -0.497 e. The lowest BCUT2D eigenvalue weighted by Gasteiger charge is -2.10. The Bertz CT molecular complexity index is 602. The topological polar surface area (TPSA) is 44.8 Å². The van der Waals surface area contributed by atoms with Crippen LogP contribution in [0.1, 0.15) is 15.9 Å². The summed E-state index contributed by atoms with van der Waals surface area (Å²) in [5, 5.41) is 0. The molecule has 0 fully saturated rings. The Labute approximate surface area is 117 Å². The zero-order valence-corrected chi connectivity index (χ0v) is 11.7. The molecule has 0 heterocycles. The van der Waals surface area contributed by atoms with Crippen LogP contribution < -0.4 is 14.2 Å². The van der Waals surface area contributed by atoms with Crippen LogP contribution in [-0.2, 0) is 0 Å². The molecule has 20 heavy (non-hydrogen) atoms. The summed E-state index contributed by atoms with van der Waals surface area (Å²) >= 11 is 0. The van der Waals surface area contributed by atoms with Gasteiger partial charge in [-0.25, -0.2) is 4.79 Å². The number of aryl methyl sites for hydroxylation is 1. The maximum atomic E-state index is 12.1. The quantitative estimate of drug-likeness (QED) is 0.633. The van der Waals surface area contributed by atoms with Crippen LogP contribution in [0.3, 0.4) is 0 Å². The van der Waals surface area contributed by atoms with Crippen molar-refractivity contribution in [3.8, 4) is 17.2 Å². The molecule has 2 rings (SSSR count). The number of esters is 1. The molecule has 2 aromatic rings. The van der Waals surface area contributed by atoms with Gasteiger partial charge in [0, 0.05) is 6.07 Å². The van der Waals surface area contributed by atoms with Crippen LogP contribution in [0.15, 0.2) is 42.5 Å². The van der Waals surface area contributed by atoms with Gasteiger partial charge >= 0.3 is 5.97 Å². The Morgan fingerprint density at radius 2 is 1.55 bits per heavy atom. The molecule has 0 aromatic heterocycles. The minimum absolute atomic E-state index is 0.355. The average Bonchev–Trinajstić information content (AvgIpc) is 2.48. The van der Waals surface area contributed by atoms with Crippen LogP contribution in [0.25, 0.3) is 0 Å². The largest absolute Gasteiger partial charge is 0.497 e. The van der Waals surface area contributed by atoms with Gasteiger partial charge in [-0.2, -0.15) is 0 Å². The summed E-state index contributed by atoms with van der Waals surface area (Å²) in [6.45, 7) is 1.97. The molecule has 0 aliphatic carbocycles. The summed E-state index contributed by atoms with van der Waals surface area (Å²) in [5.41, 5.74) is 1.46. The number of hydrogen-bond donors (Lipinski definition) is 0. The van der Waals surface area contributed by atoms with Crippen molar-refractivity contribution in [3.63, 3.8) is 0 Å². The second kappa shape index (κ2) is 6.10. The van der Waals surface area contributed by atoms with Crippen LogP contribution in [-0.4, -0.2) is 20.2 Å². The monoisotopic (exact) mass is 272 g/mol. The van der Waals surface area contributed by atoms with E-state index in [0.717, 1.165) is 5.56 Å². The Hall–Kier alpha value is -2.49. The molecule has 104 valence electrons. The first-order valence-electron chi connectivity index (χ1n) is 6.15. The highest BCUT2D eigenvalue weighted by atomic mass is 16.5. The van der Waals surface area contributed by atoms with Crippen LogP contribution in [0, 0.1) is 6.92 Å². The summed E-state index contributed by atoms with van der Waals surface area (Å²) in [7, 11) is 3.05. The van der Waals surface area contributed by atoms with Crippen molar-refractivity contribution in [2.75, 3.05) is 14.2 Å². The van der Waals surface area contributed by atoms with Gasteiger partial charge in [-0.15, -0.1) is 0 Å². The normalized spacial score (nSPS) is 9.95. The van der Waals surface area contributed by atoms with Crippen molar-refractivity contribution in [1.82, 2.24) is 0 Å². The van der Waals surface area contributed by atoms with Crippen LogP contribution >= 0.6 is 0 Å². The van der Waals surface area contributed by atoms with Gasteiger partial charge < -0.3 is 14.2 Å². The van der Waals surface area contributed by atoms with E-state index in [9.17, 15) is 4.79 Å². The van der Waals surface area contributed by atoms with Crippen molar-refractivity contribution in [2.24, 2.45) is 0 Å². The smallest absolute Gasteiger partial charge is 0.347 e. The van der Waals surface area contributed by atoms with E-state index in [2.05, 4.69) is 0 Å². The highest BCUT2D eigenvalue weighted by Gasteiger charge is 2.15. The van der Waals surface area contributed by atoms with Gasteiger partial charge in [0.25, 0.3) is 0 Å². The lowest BCUT2D eigenvalue weighted by molar-refractivity contribution is 0.0731. The standard InChI is InChI=1S/C16H16O4/c1-11-4-6-12(7-5-11)20-16(17)14-9-8-13(18-2)10-15(14)19-3/h4-10H,1-3H3. The molecule has 0 aliphatic heterocycles. The summed E-state index contributed by atoms with van der Waals surface area (Å²) in [5.74, 6) is 1.07. The fourth-order valence-corrected chi connectivity index (χ4v) is 1.74. The summed E-state index contributed by atoms with van der Waals surface area (Å²) < 4.78 is 15.6. The van der Waals surface area contributed by atoms with Crippen molar-refractivity contribution in [3.05, 3.63) is 53.6 Å². The Morgan fingerprint density at radius 3 is 2.15 bits per heavy atom. The SMILES string of the molecule is COc1ccc(C(=O)Oc2ccc(C)cc2)c(OC)c1. The molecule has 0 unspecified atom stereocenters. The van der Waals surface area contributed by atoms with Crippen molar-refractivity contribution >= 4 is 5.97 Å². The van der Waals surface area contributed by atoms with E-state index in [1.807, 2.05) is 19.1 Å². The molecule has 0 saturated carbocycles. The van der Waals surface area contributed by atoms with Gasteiger partial charge in [0.2, 0.25) is 0 Å². The van der Waals surface area contributed by atoms with E-state index >= 15 is 0 Å². The molecule has 0 saturated heterocycles. The van der Waals surface area contributed by atoms with Crippen LogP contribution in [0.4, 0.5) is 0 Å². The number of ether oxygens (including phenoxy) is 3. The zero-order valence-electron chi connectivity index (χ0n) is 11.7. The third-order valence-corrected chi connectivity index (χ3v) is 2.86. The molecular formula is C16H16O4. The highest BCUT2D eigenvalue weighted by Crippen LogP contribution is 2.26. The maximum Gasteiger partial charge on any atom is 0.347 e. The Kier molecular flexibility index (Phi) is 4.25. The first-order chi connectivity index (χ1) is 9.63. The molecule has 0 amide bonds. The van der Waals surface area contributed by atoms with Crippen LogP contribution in [0.2, 0.25) is 0 Å². The Morgan fingerprint density at radius 1 is 0.900 bits per heavy atom. The van der Waals surface area contributed by atoms with Crippen molar-refractivity contribution in [1.29, 1.82) is 0 Å².